The van der Waals surface area contributed by atoms with E-state index in [1.54, 1.807) is 6.92 Å². The van der Waals surface area contributed by atoms with Crippen LogP contribution in [0, 0.1) is 5.92 Å². The van der Waals surface area contributed by atoms with E-state index in [2.05, 4.69) is 31.2 Å². The Hall–Kier alpha value is -2.91. The van der Waals surface area contributed by atoms with Gasteiger partial charge in [-0.1, -0.05) is 0 Å². The number of pyridine rings is 1. The van der Waals surface area contributed by atoms with Crippen LogP contribution >= 0.6 is 11.3 Å². The highest BCUT2D eigenvalue weighted by Gasteiger charge is 2.49. The second kappa shape index (κ2) is 12.1. The normalized spacial score (nSPS) is 18.2. The van der Waals surface area contributed by atoms with E-state index in [9.17, 15) is 36.6 Å². The van der Waals surface area contributed by atoms with Gasteiger partial charge < -0.3 is 26.4 Å². The first kappa shape index (κ1) is 31.0. The van der Waals surface area contributed by atoms with E-state index in [4.69, 9.17) is 0 Å². The molecule has 1 aliphatic carbocycles. The molecule has 2 aliphatic rings. The minimum Gasteiger partial charge on any atom is -0.388 e. The molecule has 0 radical (unpaired) electrons. The number of hydrogen-bond donors (Lipinski definition) is 5. The average molecular weight is 605 g/mol. The van der Waals surface area contributed by atoms with E-state index in [0.717, 1.165) is 12.3 Å². The van der Waals surface area contributed by atoms with Gasteiger partial charge in [-0.15, -0.1) is 11.3 Å². The molecule has 41 heavy (non-hydrogen) atoms. The van der Waals surface area contributed by atoms with Crippen molar-refractivity contribution in [2.45, 2.75) is 82.8 Å². The van der Waals surface area contributed by atoms with Crippen molar-refractivity contribution in [3.63, 3.8) is 0 Å². The first-order chi connectivity index (χ1) is 19.1. The quantitative estimate of drug-likeness (QED) is 0.257. The molecule has 2 unspecified atom stereocenters. The Morgan fingerprint density at radius 3 is 2.34 bits per heavy atom. The summed E-state index contributed by atoms with van der Waals surface area (Å²) < 4.78 is 69.2. The maximum absolute atomic E-state index is 14.3. The molecule has 2 amide bonds. The third-order valence-corrected chi connectivity index (χ3v) is 8.37. The Balaban J connectivity index is 1.71. The smallest absolute Gasteiger partial charge is 0.388 e. The topological polar surface area (TPSA) is 128 Å². The monoisotopic (exact) mass is 604 g/mol. The van der Waals surface area contributed by atoms with Crippen LogP contribution in [0.2, 0.25) is 0 Å². The van der Waals surface area contributed by atoms with Crippen LogP contribution in [0.4, 0.5) is 27.8 Å². The molecule has 2 fully saturated rings. The van der Waals surface area contributed by atoms with Crippen LogP contribution in [0.1, 0.15) is 78.7 Å². The Bertz CT molecular complexity index is 1260. The lowest BCUT2D eigenvalue weighted by Gasteiger charge is -2.26. The molecular formula is C26H33F5N6O3S. The van der Waals surface area contributed by atoms with Crippen LogP contribution < -0.4 is 21.3 Å². The molecule has 15 heteroatoms. The molecule has 5 N–H and O–H groups in total. The number of carbonyl (C=O) groups excluding carboxylic acids is 2. The number of carbonyl (C=O) groups is 2. The number of halogens is 5. The lowest BCUT2D eigenvalue weighted by molar-refractivity contribution is -0.146. The maximum atomic E-state index is 14.3. The number of piperidine rings is 1. The zero-order valence-electron chi connectivity index (χ0n) is 22.7. The second-order valence-electron chi connectivity index (χ2n) is 11.0. The van der Waals surface area contributed by atoms with E-state index in [0.29, 0.717) is 50.1 Å². The summed E-state index contributed by atoms with van der Waals surface area (Å²) in [5.41, 5.74) is -2.43. The van der Waals surface area contributed by atoms with Crippen molar-refractivity contribution in [1.29, 1.82) is 0 Å². The predicted molar refractivity (Wildman–Crippen MR) is 143 cm³/mol. The Labute approximate surface area is 237 Å². The number of rotatable bonds is 10. The zero-order valence-corrected chi connectivity index (χ0v) is 23.6. The highest BCUT2D eigenvalue weighted by atomic mass is 32.1. The number of nitrogens with one attached hydrogen (secondary N) is 4. The lowest BCUT2D eigenvalue weighted by atomic mass is 10.0. The van der Waals surface area contributed by atoms with E-state index < -0.39 is 53.6 Å². The fraction of sp³-hybridized carbons (Fsp3) is 0.615. The van der Waals surface area contributed by atoms with Crippen molar-refractivity contribution in [3.05, 3.63) is 28.5 Å². The van der Waals surface area contributed by atoms with Crippen molar-refractivity contribution >= 4 is 29.0 Å². The molecule has 3 heterocycles. The third kappa shape index (κ3) is 7.68. The number of hydrogen-bond acceptors (Lipinski definition) is 8. The second-order valence-corrected chi connectivity index (χ2v) is 12.0. The first-order valence-electron chi connectivity index (χ1n) is 13.3. The first-order valence-corrected chi connectivity index (χ1v) is 14.1. The number of alkyl halides is 5. The van der Waals surface area contributed by atoms with E-state index in [-0.39, 0.29) is 33.0 Å². The van der Waals surface area contributed by atoms with Crippen LogP contribution in [-0.4, -0.2) is 69.9 Å². The molecule has 2 atom stereocenters. The van der Waals surface area contributed by atoms with E-state index >= 15 is 0 Å². The number of amides is 2. The Morgan fingerprint density at radius 2 is 1.78 bits per heavy atom. The van der Waals surface area contributed by atoms with Crippen molar-refractivity contribution in [1.82, 2.24) is 25.9 Å². The van der Waals surface area contributed by atoms with Crippen LogP contribution in [0.5, 0.6) is 0 Å². The van der Waals surface area contributed by atoms with Crippen LogP contribution in [0.15, 0.2) is 12.3 Å². The van der Waals surface area contributed by atoms with Crippen molar-refractivity contribution in [2.75, 3.05) is 18.4 Å². The summed E-state index contributed by atoms with van der Waals surface area (Å²) in [6.45, 7) is 5.89. The van der Waals surface area contributed by atoms with Crippen LogP contribution in [-0.2, 0) is 0 Å². The summed E-state index contributed by atoms with van der Waals surface area (Å²) >= 11 is 0.682. The molecular weight excluding hydrogens is 571 g/mol. The minimum atomic E-state index is -4.59. The van der Waals surface area contributed by atoms with Gasteiger partial charge in [-0.3, -0.25) is 9.59 Å². The van der Waals surface area contributed by atoms with Gasteiger partial charge in [-0.2, -0.15) is 13.2 Å². The predicted octanol–water partition coefficient (Wildman–Crippen LogP) is 4.27. The molecule has 226 valence electrons. The number of aromatic nitrogens is 2. The third-order valence-electron chi connectivity index (χ3n) is 7.28. The van der Waals surface area contributed by atoms with Crippen molar-refractivity contribution < 1.29 is 36.6 Å². The summed E-state index contributed by atoms with van der Waals surface area (Å²) in [5, 5.41) is 20.8. The summed E-state index contributed by atoms with van der Waals surface area (Å²) in [4.78, 5) is 34.4. The van der Waals surface area contributed by atoms with Gasteiger partial charge in [0.2, 0.25) is 0 Å². The highest BCUT2D eigenvalue weighted by molar-refractivity contribution is 7.17. The minimum absolute atomic E-state index is 0.0681. The molecule has 1 saturated heterocycles. The van der Waals surface area contributed by atoms with Gasteiger partial charge in [0.15, 0.2) is 5.01 Å². The van der Waals surface area contributed by atoms with Crippen molar-refractivity contribution in [2.24, 2.45) is 5.92 Å². The summed E-state index contributed by atoms with van der Waals surface area (Å²) in [6, 6.07) is -2.00. The van der Waals surface area contributed by atoms with Gasteiger partial charge in [0.1, 0.15) is 17.6 Å². The van der Waals surface area contributed by atoms with Gasteiger partial charge in [0.25, 0.3) is 18.2 Å². The summed E-state index contributed by atoms with van der Waals surface area (Å²) in [6.07, 6.45) is -4.75. The SMILES string of the molecule is CC(NC(=O)c1nc(C(=O)NC2CCNCC2)c(-c2cnc(NC(C3CC3)C(F)(F)F)cc2C(F)F)s1)C(C)(C)O. The summed E-state index contributed by atoms with van der Waals surface area (Å²) in [5.74, 6) is -2.44. The number of nitrogens with zero attached hydrogens (tertiary/aromatic N) is 2. The molecule has 1 aliphatic heterocycles. The standard InChI is InChI=1S/C26H33F5N6O3S/c1-12(25(2,3)40)34-23(39)24-37-18(22(38)35-14-6-8-32-9-7-14)19(41-24)16-11-33-17(10-15(16)21(27)28)36-20(13-4-5-13)26(29,30)31/h10-14,20-21,32,40H,4-9H2,1-3H3,(H,33,36)(H,34,39)(H,35,38). The fourth-order valence-corrected chi connectivity index (χ4v) is 5.38. The van der Waals surface area contributed by atoms with Gasteiger partial charge in [-0.05, 0) is 71.5 Å². The van der Waals surface area contributed by atoms with E-state index in [1.807, 2.05) is 0 Å². The molecule has 2 aromatic rings. The van der Waals surface area contributed by atoms with Gasteiger partial charge in [0, 0.05) is 23.4 Å². The molecule has 4 rings (SSSR count). The largest absolute Gasteiger partial charge is 0.408 e. The van der Waals surface area contributed by atoms with Gasteiger partial charge >= 0.3 is 6.18 Å². The van der Waals surface area contributed by atoms with Gasteiger partial charge in [0.05, 0.1) is 16.5 Å². The molecule has 2 aromatic heterocycles. The maximum Gasteiger partial charge on any atom is 0.408 e. The highest BCUT2D eigenvalue weighted by Crippen LogP contribution is 2.43. The molecule has 0 bridgehead atoms. The number of aliphatic hydroxyl groups is 1. The number of anilines is 1. The van der Waals surface area contributed by atoms with Gasteiger partial charge in [-0.25, -0.2) is 18.7 Å². The fourth-order valence-electron chi connectivity index (χ4n) is 4.38. The average Bonchev–Trinajstić information content (AvgIpc) is 3.62. The van der Waals surface area contributed by atoms with E-state index in [1.165, 1.54) is 13.8 Å². The lowest BCUT2D eigenvalue weighted by Crippen LogP contribution is -2.47. The molecule has 0 aromatic carbocycles. The zero-order chi connectivity index (χ0) is 30.1. The van der Waals surface area contributed by atoms with Crippen LogP contribution in [0.25, 0.3) is 10.4 Å². The Morgan fingerprint density at radius 1 is 1.12 bits per heavy atom. The molecule has 9 nitrogen and oxygen atoms in total. The molecule has 0 spiro atoms. The number of thiazole rings is 1. The molecule has 1 saturated carbocycles. The summed E-state index contributed by atoms with van der Waals surface area (Å²) in [7, 11) is 0. The Kier molecular flexibility index (Phi) is 9.19. The van der Waals surface area contributed by atoms with Crippen molar-refractivity contribution in [3.8, 4) is 10.4 Å². The van der Waals surface area contributed by atoms with Crippen LogP contribution in [0.3, 0.4) is 0 Å².